The molecule has 0 N–H and O–H groups in total. The quantitative estimate of drug-likeness (QED) is 0.159. The van der Waals surface area contributed by atoms with E-state index in [9.17, 15) is 0 Å². The second-order valence-electron chi connectivity index (χ2n) is 24.1. The van der Waals surface area contributed by atoms with Gasteiger partial charge in [-0.2, -0.15) is 0 Å². The van der Waals surface area contributed by atoms with Crippen molar-refractivity contribution in [2.75, 3.05) is 9.80 Å². The van der Waals surface area contributed by atoms with Gasteiger partial charge in [0.1, 0.15) is 0 Å². The molecule has 0 saturated heterocycles. The smallest absolute Gasteiger partial charge is 0.0502 e. The van der Waals surface area contributed by atoms with Crippen LogP contribution in [0.1, 0.15) is 106 Å². The standard InChI is InChI=1S/C75H64N2/c1-73(2)61-29-12-11-26-53(61)54-41-38-48(44-66(54)73)52-25-9-10-27-55(52)71-57-42-39-50(77-69-36-19-15-32-64(69)75(5,6)65-33-16-20-37-70(65)77)46-60(57)72(56-28-21-23-47-22-7-8-24-51(47)56)58-43-40-49(45-59(58)71)76-67-34-17-13-30-62(67)74(3,4)63-31-14-18-35-68(63)76/h7-15,17-32,34-37,39-40,42-47,51H,16,33,38,41H2,1-6H3. The fourth-order valence-corrected chi connectivity index (χ4v) is 15.3. The van der Waals surface area contributed by atoms with Crippen LogP contribution in [-0.4, -0.2) is 0 Å². The van der Waals surface area contributed by atoms with Crippen molar-refractivity contribution in [1.29, 1.82) is 0 Å². The lowest BCUT2D eigenvalue weighted by Crippen LogP contribution is -2.34. The van der Waals surface area contributed by atoms with Crippen molar-refractivity contribution in [1.82, 2.24) is 0 Å². The van der Waals surface area contributed by atoms with Crippen molar-refractivity contribution >= 4 is 66.7 Å². The summed E-state index contributed by atoms with van der Waals surface area (Å²) in [5.74, 6) is 0.471. The maximum absolute atomic E-state index is 2.59. The average Bonchev–Trinajstić information content (AvgIpc) is 3.85. The first kappa shape index (κ1) is 46.1. The first-order valence-corrected chi connectivity index (χ1v) is 28.2. The number of rotatable bonds is 5. The van der Waals surface area contributed by atoms with Crippen LogP contribution in [0.25, 0.3) is 49.4 Å². The molecule has 2 heteroatoms. The van der Waals surface area contributed by atoms with Crippen molar-refractivity contribution in [2.24, 2.45) is 11.8 Å². The maximum Gasteiger partial charge on any atom is 0.0502 e. The highest BCUT2D eigenvalue weighted by molar-refractivity contribution is 6.21. The van der Waals surface area contributed by atoms with Crippen LogP contribution in [0.5, 0.6) is 0 Å². The minimum atomic E-state index is -0.168. The van der Waals surface area contributed by atoms with E-state index in [1.807, 2.05) is 0 Å². The van der Waals surface area contributed by atoms with Crippen molar-refractivity contribution in [3.05, 3.63) is 274 Å². The molecular formula is C75H64N2. The summed E-state index contributed by atoms with van der Waals surface area (Å²) in [6.07, 6.45) is 28.0. The topological polar surface area (TPSA) is 6.48 Å². The summed E-state index contributed by atoms with van der Waals surface area (Å²) in [5.41, 5.74) is 26.5. The van der Waals surface area contributed by atoms with Gasteiger partial charge in [0.2, 0.25) is 0 Å². The first-order valence-electron chi connectivity index (χ1n) is 28.2. The molecule has 2 aliphatic heterocycles. The zero-order valence-corrected chi connectivity index (χ0v) is 45.2. The minimum Gasteiger partial charge on any atom is -0.310 e. The molecule has 5 aliphatic carbocycles. The summed E-state index contributed by atoms with van der Waals surface area (Å²) in [4.78, 5) is 5.13. The van der Waals surface area contributed by atoms with Crippen LogP contribution in [-0.2, 0) is 16.2 Å². The molecule has 2 nitrogen and oxygen atoms in total. The van der Waals surface area contributed by atoms with Crippen LogP contribution in [0.4, 0.5) is 28.4 Å². The summed E-state index contributed by atoms with van der Waals surface area (Å²) in [6, 6.07) is 60.8. The number of para-hydroxylation sites is 3. The van der Waals surface area contributed by atoms with Gasteiger partial charge in [-0.25, -0.2) is 0 Å². The van der Waals surface area contributed by atoms with Gasteiger partial charge < -0.3 is 9.80 Å². The number of benzene rings is 8. The van der Waals surface area contributed by atoms with Gasteiger partial charge in [0.05, 0.1) is 17.1 Å². The third-order valence-electron chi connectivity index (χ3n) is 19.1. The van der Waals surface area contributed by atoms with E-state index in [4.69, 9.17) is 0 Å². The highest BCUT2D eigenvalue weighted by atomic mass is 15.2. The molecule has 2 atom stereocenters. The normalized spacial score (nSPS) is 20.8. The Hall–Kier alpha value is -8.20. The predicted octanol–water partition coefficient (Wildman–Crippen LogP) is 20.0. The summed E-state index contributed by atoms with van der Waals surface area (Å²) in [6.45, 7) is 14.5. The molecule has 374 valence electrons. The Balaban J connectivity index is 1.04. The fraction of sp³-hybridized carbons (Fsp3) is 0.200. The molecule has 15 rings (SSSR count). The lowest BCUT2D eigenvalue weighted by atomic mass is 9.70. The van der Waals surface area contributed by atoms with E-state index in [0.29, 0.717) is 0 Å². The first-order chi connectivity index (χ1) is 37.5. The average molecular weight is 993 g/mol. The number of anilines is 5. The van der Waals surface area contributed by atoms with Gasteiger partial charge in [-0.1, -0.05) is 211 Å². The van der Waals surface area contributed by atoms with Crippen LogP contribution >= 0.6 is 0 Å². The van der Waals surface area contributed by atoms with Crippen LogP contribution in [0, 0.1) is 11.8 Å². The van der Waals surface area contributed by atoms with E-state index in [1.54, 1.807) is 0 Å². The molecule has 77 heavy (non-hydrogen) atoms. The van der Waals surface area contributed by atoms with Gasteiger partial charge in [0, 0.05) is 45.2 Å². The molecule has 0 bridgehead atoms. The Morgan fingerprint density at radius 1 is 0.455 bits per heavy atom. The zero-order chi connectivity index (χ0) is 52.0. The van der Waals surface area contributed by atoms with Gasteiger partial charge in [-0.15, -0.1) is 0 Å². The van der Waals surface area contributed by atoms with Crippen molar-refractivity contribution in [3.63, 3.8) is 0 Å². The summed E-state index contributed by atoms with van der Waals surface area (Å²) in [5, 5.41) is 5.10. The van der Waals surface area contributed by atoms with Gasteiger partial charge >= 0.3 is 0 Å². The van der Waals surface area contributed by atoms with Gasteiger partial charge in [-0.3, -0.25) is 0 Å². The highest BCUT2D eigenvalue weighted by Gasteiger charge is 2.41. The number of hydrogen-bond donors (Lipinski definition) is 0. The lowest BCUT2D eigenvalue weighted by molar-refractivity contribution is 0.571. The highest BCUT2D eigenvalue weighted by Crippen LogP contribution is 2.58. The third kappa shape index (κ3) is 6.67. The van der Waals surface area contributed by atoms with E-state index >= 15 is 0 Å². The Morgan fingerprint density at radius 2 is 1.01 bits per heavy atom. The summed E-state index contributed by atoms with van der Waals surface area (Å²) in [7, 11) is 0. The SMILES string of the molecule is CC1(C)C2=C(CCC(c3ccccc3-c3c4ccc(N5C6=C(CCC=C6)C(C)(C)c6ccccc65)cc4c(C4=CC=CC5C=CC=CC45)c4ccc(N5c6ccccc6C(C)(C)c6ccccc65)cc34)=C2)c2ccccc21. The summed E-state index contributed by atoms with van der Waals surface area (Å²) < 4.78 is 0. The predicted molar refractivity (Wildman–Crippen MR) is 327 cm³/mol. The van der Waals surface area contributed by atoms with Crippen molar-refractivity contribution in [2.45, 2.75) is 83.5 Å². The molecule has 0 aromatic heterocycles. The molecule has 0 radical (unpaired) electrons. The van der Waals surface area contributed by atoms with Crippen LogP contribution in [0.15, 0.2) is 235 Å². The molecule has 0 fully saturated rings. The molecule has 8 aromatic carbocycles. The van der Waals surface area contributed by atoms with Gasteiger partial charge in [0.15, 0.2) is 0 Å². The van der Waals surface area contributed by atoms with E-state index in [-0.39, 0.29) is 28.1 Å². The maximum atomic E-state index is 2.59. The molecule has 0 amide bonds. The third-order valence-corrected chi connectivity index (χ3v) is 19.1. The second-order valence-corrected chi connectivity index (χ2v) is 24.1. The van der Waals surface area contributed by atoms with E-state index < -0.39 is 0 Å². The van der Waals surface area contributed by atoms with Crippen LogP contribution in [0.3, 0.4) is 0 Å². The molecule has 2 heterocycles. The number of fused-ring (bicyclic) bond motifs is 8. The Kier molecular flexibility index (Phi) is 10.1. The number of allylic oxidation sites excluding steroid dienone is 15. The Morgan fingerprint density at radius 3 is 1.73 bits per heavy atom. The molecular weight excluding hydrogens is 929 g/mol. The zero-order valence-electron chi connectivity index (χ0n) is 45.2. The number of hydrogen-bond acceptors (Lipinski definition) is 2. The van der Waals surface area contributed by atoms with E-state index in [0.717, 1.165) is 31.4 Å². The largest absolute Gasteiger partial charge is 0.310 e. The van der Waals surface area contributed by atoms with Crippen LogP contribution in [0.2, 0.25) is 0 Å². The van der Waals surface area contributed by atoms with Crippen molar-refractivity contribution in [3.8, 4) is 11.1 Å². The number of nitrogens with zero attached hydrogens (tertiary/aromatic N) is 2. The fourth-order valence-electron chi connectivity index (χ4n) is 15.3. The molecule has 8 aromatic rings. The lowest BCUT2D eigenvalue weighted by Gasteiger charge is -2.44. The molecule has 0 saturated carbocycles. The van der Waals surface area contributed by atoms with E-state index in [1.165, 1.54) is 128 Å². The van der Waals surface area contributed by atoms with Gasteiger partial charge in [-0.05, 0) is 174 Å². The minimum absolute atomic E-state index is 0.0810. The van der Waals surface area contributed by atoms with Crippen molar-refractivity contribution < 1.29 is 0 Å². The molecule has 2 unspecified atom stereocenters. The Labute approximate surface area is 454 Å². The monoisotopic (exact) mass is 993 g/mol. The van der Waals surface area contributed by atoms with Gasteiger partial charge in [0.25, 0.3) is 0 Å². The summed E-state index contributed by atoms with van der Waals surface area (Å²) >= 11 is 0. The molecule has 7 aliphatic rings. The molecule has 0 spiro atoms. The second kappa shape index (κ2) is 16.9. The van der Waals surface area contributed by atoms with E-state index in [2.05, 4.69) is 270 Å². The van der Waals surface area contributed by atoms with Crippen LogP contribution < -0.4 is 9.80 Å². The Bertz CT molecular complexity index is 4100.